The highest BCUT2D eigenvalue weighted by molar-refractivity contribution is 5.85. The van der Waals surface area contributed by atoms with Crippen LogP contribution in [0, 0.1) is 17.8 Å². The van der Waals surface area contributed by atoms with E-state index in [2.05, 4.69) is 29.2 Å². The lowest BCUT2D eigenvalue weighted by Crippen LogP contribution is -2.60. The molecule has 1 aromatic rings. The Morgan fingerprint density at radius 3 is 2.05 bits per heavy atom. The molecule has 0 radical (unpaired) electrons. The summed E-state index contributed by atoms with van der Waals surface area (Å²) < 4.78 is 0. The molecule has 1 nitrogen and oxygen atoms in total. The van der Waals surface area contributed by atoms with Crippen LogP contribution in [0.15, 0.2) is 24.3 Å². The van der Waals surface area contributed by atoms with Crippen molar-refractivity contribution < 1.29 is 0 Å². The highest BCUT2D eigenvalue weighted by Gasteiger charge is 2.53. The third-order valence-corrected chi connectivity index (χ3v) is 6.81. The molecule has 4 fully saturated rings. The third kappa shape index (κ3) is 2.16. The van der Waals surface area contributed by atoms with Crippen molar-refractivity contribution in [3.63, 3.8) is 0 Å². The average molecular weight is 304 g/mol. The zero-order valence-corrected chi connectivity index (χ0v) is 13.6. The molecule has 1 aromatic carbocycles. The number of hydrogen-bond donors (Lipinski definition) is 0. The summed E-state index contributed by atoms with van der Waals surface area (Å²) in [7, 11) is 0. The summed E-state index contributed by atoms with van der Waals surface area (Å²) in [5.41, 5.74) is 3.81. The summed E-state index contributed by atoms with van der Waals surface area (Å²) in [4.78, 5) is 2.90. The van der Waals surface area contributed by atoms with Crippen molar-refractivity contribution in [3.05, 3.63) is 35.4 Å². The molecule has 1 aliphatic heterocycles. The topological polar surface area (TPSA) is 3.24 Å². The van der Waals surface area contributed by atoms with Gasteiger partial charge in [0.25, 0.3) is 0 Å². The number of hydrogen-bond acceptors (Lipinski definition) is 1. The van der Waals surface area contributed by atoms with Gasteiger partial charge in [-0.25, -0.2) is 0 Å². The maximum Gasteiger partial charge on any atom is 0.0242 e. The van der Waals surface area contributed by atoms with Gasteiger partial charge in [-0.1, -0.05) is 24.3 Å². The summed E-state index contributed by atoms with van der Waals surface area (Å²) in [5.74, 6) is 3.20. The number of benzene rings is 1. The average Bonchev–Trinajstić information content (AvgIpc) is 2.45. The molecule has 0 saturated heterocycles. The van der Waals surface area contributed by atoms with Crippen molar-refractivity contribution in [2.24, 2.45) is 17.8 Å². The SMILES string of the molecule is Cl.c1ccc2c(c1)CCN(C13CC4CC(CC(C4)C1)C3)C2. The van der Waals surface area contributed by atoms with Gasteiger partial charge < -0.3 is 0 Å². The van der Waals surface area contributed by atoms with Crippen molar-refractivity contribution >= 4 is 12.4 Å². The molecule has 0 unspecified atom stereocenters. The van der Waals surface area contributed by atoms with Gasteiger partial charge in [-0.3, -0.25) is 4.90 Å². The van der Waals surface area contributed by atoms with Crippen molar-refractivity contribution in [1.82, 2.24) is 4.90 Å². The quantitative estimate of drug-likeness (QED) is 0.741. The maximum atomic E-state index is 2.90. The first kappa shape index (κ1) is 14.1. The number of fused-ring (bicyclic) bond motifs is 1. The van der Waals surface area contributed by atoms with E-state index in [0.717, 1.165) is 17.8 Å². The van der Waals surface area contributed by atoms with Gasteiger partial charge >= 0.3 is 0 Å². The Morgan fingerprint density at radius 2 is 1.43 bits per heavy atom. The summed E-state index contributed by atoms with van der Waals surface area (Å²) in [6, 6.07) is 9.13. The Morgan fingerprint density at radius 1 is 0.857 bits per heavy atom. The number of halogens is 1. The van der Waals surface area contributed by atoms with E-state index in [1.54, 1.807) is 30.4 Å². The van der Waals surface area contributed by atoms with Crippen molar-refractivity contribution in [1.29, 1.82) is 0 Å². The molecule has 0 amide bonds. The minimum absolute atomic E-state index is 0. The second-order valence-corrected chi connectivity index (χ2v) is 8.08. The fraction of sp³-hybridized carbons (Fsp3) is 0.684. The molecular weight excluding hydrogens is 278 g/mol. The summed E-state index contributed by atoms with van der Waals surface area (Å²) in [5, 5.41) is 0. The van der Waals surface area contributed by atoms with Crippen LogP contribution >= 0.6 is 12.4 Å². The molecule has 5 aliphatic rings. The predicted molar refractivity (Wildman–Crippen MR) is 88.7 cm³/mol. The zero-order valence-electron chi connectivity index (χ0n) is 12.8. The Balaban J connectivity index is 0.00000115. The Hall–Kier alpha value is -0.530. The second kappa shape index (κ2) is 4.99. The fourth-order valence-electron chi connectivity index (χ4n) is 6.35. The number of rotatable bonds is 1. The van der Waals surface area contributed by atoms with Crippen LogP contribution in [-0.2, 0) is 13.0 Å². The van der Waals surface area contributed by atoms with E-state index in [1.807, 2.05) is 0 Å². The minimum atomic E-state index is 0. The lowest BCUT2D eigenvalue weighted by atomic mass is 9.52. The van der Waals surface area contributed by atoms with Crippen LogP contribution in [0.5, 0.6) is 0 Å². The Labute approximate surface area is 134 Å². The van der Waals surface area contributed by atoms with Gasteiger partial charge in [0.1, 0.15) is 0 Å². The van der Waals surface area contributed by atoms with Crippen molar-refractivity contribution in [2.75, 3.05) is 6.54 Å². The summed E-state index contributed by atoms with van der Waals surface area (Å²) in [6.45, 7) is 2.53. The van der Waals surface area contributed by atoms with Crippen molar-refractivity contribution in [2.45, 2.75) is 57.0 Å². The molecule has 4 aliphatic carbocycles. The van der Waals surface area contributed by atoms with E-state index in [9.17, 15) is 0 Å². The smallest absolute Gasteiger partial charge is 0.0242 e. The summed E-state index contributed by atoms with van der Waals surface area (Å²) >= 11 is 0. The molecule has 0 spiro atoms. The van der Waals surface area contributed by atoms with Crippen LogP contribution in [0.4, 0.5) is 0 Å². The molecule has 2 heteroatoms. The molecular formula is C19H26ClN. The largest absolute Gasteiger partial charge is 0.293 e. The van der Waals surface area contributed by atoms with Crippen LogP contribution < -0.4 is 0 Å². The van der Waals surface area contributed by atoms with Crippen LogP contribution in [0.3, 0.4) is 0 Å². The van der Waals surface area contributed by atoms with E-state index >= 15 is 0 Å². The van der Waals surface area contributed by atoms with Gasteiger partial charge in [0.2, 0.25) is 0 Å². The standard InChI is InChI=1S/C19H25N.ClH/c1-2-4-18-13-20(6-5-17(18)3-1)19-10-14-7-15(11-19)9-16(8-14)12-19;/h1-4,14-16H,5-13H2;1H. The van der Waals surface area contributed by atoms with E-state index in [-0.39, 0.29) is 12.4 Å². The molecule has 4 saturated carbocycles. The third-order valence-electron chi connectivity index (χ3n) is 6.81. The minimum Gasteiger partial charge on any atom is -0.293 e. The molecule has 0 N–H and O–H groups in total. The molecule has 0 atom stereocenters. The highest BCUT2D eigenvalue weighted by atomic mass is 35.5. The Bertz CT molecular complexity index is 503. The van der Waals surface area contributed by atoms with Gasteiger partial charge in [-0.05, 0) is 73.8 Å². The van der Waals surface area contributed by atoms with E-state index in [0.29, 0.717) is 5.54 Å². The molecule has 114 valence electrons. The lowest BCUT2D eigenvalue weighted by molar-refractivity contribution is -0.0941. The zero-order chi connectivity index (χ0) is 13.2. The maximum absolute atomic E-state index is 2.90. The first-order chi connectivity index (χ1) is 9.81. The fourth-order valence-corrected chi connectivity index (χ4v) is 6.35. The van der Waals surface area contributed by atoms with Gasteiger partial charge in [0, 0.05) is 18.6 Å². The first-order valence-corrected chi connectivity index (χ1v) is 8.63. The molecule has 1 heterocycles. The van der Waals surface area contributed by atoms with Gasteiger partial charge in [0.05, 0.1) is 0 Å². The van der Waals surface area contributed by atoms with Crippen LogP contribution in [0.25, 0.3) is 0 Å². The van der Waals surface area contributed by atoms with Crippen molar-refractivity contribution in [3.8, 4) is 0 Å². The number of nitrogens with zero attached hydrogens (tertiary/aromatic N) is 1. The monoisotopic (exact) mass is 303 g/mol. The molecule has 0 aromatic heterocycles. The predicted octanol–water partition coefficient (Wildman–Crippen LogP) is 4.44. The normalized spacial score (nSPS) is 40.7. The first-order valence-electron chi connectivity index (χ1n) is 8.63. The lowest BCUT2D eigenvalue weighted by Gasteiger charge is -2.61. The van der Waals surface area contributed by atoms with Gasteiger partial charge in [-0.2, -0.15) is 0 Å². The van der Waals surface area contributed by atoms with E-state index in [4.69, 9.17) is 0 Å². The van der Waals surface area contributed by atoms with E-state index in [1.165, 1.54) is 38.8 Å². The van der Waals surface area contributed by atoms with Crippen LogP contribution in [0.2, 0.25) is 0 Å². The van der Waals surface area contributed by atoms with E-state index < -0.39 is 0 Å². The second-order valence-electron chi connectivity index (χ2n) is 8.08. The molecule has 21 heavy (non-hydrogen) atoms. The molecule has 4 bridgehead atoms. The van der Waals surface area contributed by atoms with Gasteiger partial charge in [-0.15, -0.1) is 12.4 Å². The summed E-state index contributed by atoms with van der Waals surface area (Å²) in [6.07, 6.45) is 10.5. The van der Waals surface area contributed by atoms with Crippen LogP contribution in [-0.4, -0.2) is 17.0 Å². The highest BCUT2D eigenvalue weighted by Crippen LogP contribution is 2.58. The Kier molecular flexibility index (Phi) is 3.35. The van der Waals surface area contributed by atoms with Gasteiger partial charge in [0.15, 0.2) is 0 Å². The molecule has 6 rings (SSSR count). The van der Waals surface area contributed by atoms with Crippen LogP contribution in [0.1, 0.15) is 49.7 Å².